The van der Waals surface area contributed by atoms with E-state index < -0.39 is 5.92 Å². The molecule has 3 N–H and O–H groups in total. The van der Waals surface area contributed by atoms with Crippen molar-refractivity contribution in [2.24, 2.45) is 5.73 Å². The quantitative estimate of drug-likeness (QED) is 0.652. The van der Waals surface area contributed by atoms with Crippen molar-refractivity contribution in [3.8, 4) is 29.0 Å². The van der Waals surface area contributed by atoms with E-state index in [2.05, 4.69) is 16.3 Å². The minimum Gasteiger partial charge on any atom is -0.491 e. The third kappa shape index (κ3) is 3.30. The maximum Gasteiger partial charge on any atom is 0.244 e. The summed E-state index contributed by atoms with van der Waals surface area (Å²) in [7, 11) is 0. The van der Waals surface area contributed by atoms with Gasteiger partial charge in [-0.3, -0.25) is 5.10 Å². The lowest BCUT2D eigenvalue weighted by atomic mass is 9.82. The lowest BCUT2D eigenvalue weighted by molar-refractivity contribution is 0.239. The first-order chi connectivity index (χ1) is 14.0. The van der Waals surface area contributed by atoms with E-state index in [4.69, 9.17) is 26.8 Å². The molecular formula is C22H19ClN4O2. The van der Waals surface area contributed by atoms with Gasteiger partial charge in [0.15, 0.2) is 0 Å². The van der Waals surface area contributed by atoms with Gasteiger partial charge in [0.1, 0.15) is 17.4 Å². The van der Waals surface area contributed by atoms with Crippen LogP contribution in [0.4, 0.5) is 0 Å². The fourth-order valence-electron chi connectivity index (χ4n) is 3.51. The highest BCUT2D eigenvalue weighted by Crippen LogP contribution is 2.48. The zero-order valence-corrected chi connectivity index (χ0v) is 16.7. The van der Waals surface area contributed by atoms with Crippen molar-refractivity contribution in [2.45, 2.75) is 25.9 Å². The van der Waals surface area contributed by atoms with Gasteiger partial charge in [-0.05, 0) is 26.0 Å². The molecule has 1 aromatic heterocycles. The van der Waals surface area contributed by atoms with Crippen molar-refractivity contribution in [1.29, 1.82) is 5.26 Å². The van der Waals surface area contributed by atoms with Crippen LogP contribution in [0.5, 0.6) is 11.6 Å². The first-order valence-corrected chi connectivity index (χ1v) is 9.55. The Bertz CT molecular complexity index is 1140. The molecule has 2 aromatic carbocycles. The smallest absolute Gasteiger partial charge is 0.244 e. The molecule has 4 rings (SSSR count). The third-order valence-electron chi connectivity index (χ3n) is 4.67. The van der Waals surface area contributed by atoms with E-state index in [0.717, 1.165) is 11.1 Å². The van der Waals surface area contributed by atoms with Gasteiger partial charge in [-0.25, -0.2) is 0 Å². The SMILES string of the molecule is CC(C)Oc1ccccc1[C@@H]1C(C#N)=C(N)Oc2n[nH]c(-c3ccccc3Cl)c21. The van der Waals surface area contributed by atoms with Gasteiger partial charge in [0.05, 0.1) is 23.3 Å². The Kier molecular flexibility index (Phi) is 4.91. The average Bonchev–Trinajstić information content (AvgIpc) is 3.10. The number of ether oxygens (including phenoxy) is 2. The average molecular weight is 407 g/mol. The molecule has 0 bridgehead atoms. The molecule has 0 saturated heterocycles. The van der Waals surface area contributed by atoms with E-state index in [-0.39, 0.29) is 12.0 Å². The number of nitrogens with two attached hydrogens (primary N) is 1. The molecule has 7 heteroatoms. The number of hydrogen-bond acceptors (Lipinski definition) is 5. The molecule has 0 amide bonds. The van der Waals surface area contributed by atoms with E-state index in [0.29, 0.717) is 33.5 Å². The third-order valence-corrected chi connectivity index (χ3v) is 5.00. The van der Waals surface area contributed by atoms with Crippen LogP contribution in [0.1, 0.15) is 30.9 Å². The van der Waals surface area contributed by atoms with Gasteiger partial charge in [0, 0.05) is 16.1 Å². The summed E-state index contributed by atoms with van der Waals surface area (Å²) in [6, 6.07) is 17.2. The Hall–Kier alpha value is -3.43. The van der Waals surface area contributed by atoms with Crippen molar-refractivity contribution in [2.75, 3.05) is 0 Å². The molecule has 1 aliphatic heterocycles. The predicted octanol–water partition coefficient (Wildman–Crippen LogP) is 4.74. The Labute approximate surface area is 173 Å². The number of rotatable bonds is 4. The van der Waals surface area contributed by atoms with Gasteiger partial charge in [-0.2, -0.15) is 5.26 Å². The molecule has 2 heterocycles. The Morgan fingerprint density at radius 1 is 1.21 bits per heavy atom. The second-order valence-corrected chi connectivity index (χ2v) is 7.33. The van der Waals surface area contributed by atoms with Crippen LogP contribution < -0.4 is 15.2 Å². The number of H-pyrrole nitrogens is 1. The van der Waals surface area contributed by atoms with E-state index >= 15 is 0 Å². The molecule has 0 unspecified atom stereocenters. The van der Waals surface area contributed by atoms with E-state index in [9.17, 15) is 5.26 Å². The highest BCUT2D eigenvalue weighted by molar-refractivity contribution is 6.33. The number of aromatic nitrogens is 2. The molecule has 1 aliphatic rings. The molecule has 146 valence electrons. The predicted molar refractivity (Wildman–Crippen MR) is 111 cm³/mol. The second kappa shape index (κ2) is 7.53. The number of fused-ring (bicyclic) bond motifs is 1. The maximum absolute atomic E-state index is 9.88. The lowest BCUT2D eigenvalue weighted by Crippen LogP contribution is -2.21. The number of nitrogens with one attached hydrogen (secondary N) is 1. The van der Waals surface area contributed by atoms with Crippen molar-refractivity contribution >= 4 is 11.6 Å². The second-order valence-electron chi connectivity index (χ2n) is 6.93. The molecule has 0 fully saturated rings. The normalized spacial score (nSPS) is 15.6. The summed E-state index contributed by atoms with van der Waals surface area (Å²) in [5, 5.41) is 17.7. The molecule has 0 radical (unpaired) electrons. The van der Waals surface area contributed by atoms with Gasteiger partial charge in [0.2, 0.25) is 11.8 Å². The number of para-hydroxylation sites is 1. The van der Waals surface area contributed by atoms with Crippen LogP contribution >= 0.6 is 11.6 Å². The highest BCUT2D eigenvalue weighted by atomic mass is 35.5. The van der Waals surface area contributed by atoms with Crippen LogP contribution in [0.2, 0.25) is 5.02 Å². The first-order valence-electron chi connectivity index (χ1n) is 9.17. The number of hydrogen-bond donors (Lipinski definition) is 2. The van der Waals surface area contributed by atoms with Gasteiger partial charge < -0.3 is 15.2 Å². The first kappa shape index (κ1) is 18.9. The summed E-state index contributed by atoms with van der Waals surface area (Å²) in [6.45, 7) is 3.91. The number of benzene rings is 2. The summed E-state index contributed by atoms with van der Waals surface area (Å²) >= 11 is 6.44. The summed E-state index contributed by atoms with van der Waals surface area (Å²) in [5.74, 6) is 0.512. The molecule has 3 aromatic rings. The number of allylic oxidation sites excluding steroid dienone is 1. The number of nitriles is 1. The topological polar surface area (TPSA) is 96.9 Å². The molecule has 6 nitrogen and oxygen atoms in total. The number of nitrogens with zero attached hydrogens (tertiary/aromatic N) is 2. The minimum atomic E-state index is -0.510. The van der Waals surface area contributed by atoms with Gasteiger partial charge in [0.25, 0.3) is 0 Å². The van der Waals surface area contributed by atoms with Crippen LogP contribution in [0.15, 0.2) is 60.0 Å². The van der Waals surface area contributed by atoms with Crippen LogP contribution in [0.25, 0.3) is 11.3 Å². The zero-order valence-electron chi connectivity index (χ0n) is 15.9. The molecule has 0 aliphatic carbocycles. The van der Waals surface area contributed by atoms with Crippen LogP contribution in [0.3, 0.4) is 0 Å². The van der Waals surface area contributed by atoms with Crippen molar-refractivity contribution in [3.05, 3.63) is 76.1 Å². The van der Waals surface area contributed by atoms with Gasteiger partial charge >= 0.3 is 0 Å². The molecule has 29 heavy (non-hydrogen) atoms. The van der Waals surface area contributed by atoms with Gasteiger partial charge in [-0.15, -0.1) is 5.10 Å². The molecular weight excluding hydrogens is 388 g/mol. The Balaban J connectivity index is 1.97. The van der Waals surface area contributed by atoms with E-state index in [1.165, 1.54) is 0 Å². The lowest BCUT2D eigenvalue weighted by Gasteiger charge is -2.26. The highest BCUT2D eigenvalue weighted by Gasteiger charge is 2.37. The fourth-order valence-corrected chi connectivity index (χ4v) is 3.74. The maximum atomic E-state index is 9.88. The monoisotopic (exact) mass is 406 g/mol. The van der Waals surface area contributed by atoms with Gasteiger partial charge in [-0.1, -0.05) is 48.0 Å². The summed E-state index contributed by atoms with van der Waals surface area (Å²) in [6.07, 6.45) is -0.0327. The number of halogens is 1. The fraction of sp³-hybridized carbons (Fsp3) is 0.182. The van der Waals surface area contributed by atoms with E-state index in [1.54, 1.807) is 6.07 Å². The minimum absolute atomic E-state index is 0.0292. The van der Waals surface area contributed by atoms with E-state index in [1.807, 2.05) is 56.3 Å². The van der Waals surface area contributed by atoms with Crippen molar-refractivity contribution < 1.29 is 9.47 Å². The van der Waals surface area contributed by atoms with Crippen molar-refractivity contribution in [1.82, 2.24) is 10.2 Å². The van der Waals surface area contributed by atoms with Crippen LogP contribution in [-0.4, -0.2) is 16.3 Å². The van der Waals surface area contributed by atoms with Crippen LogP contribution in [0, 0.1) is 11.3 Å². The Morgan fingerprint density at radius 3 is 2.66 bits per heavy atom. The zero-order chi connectivity index (χ0) is 20.5. The largest absolute Gasteiger partial charge is 0.491 e. The summed E-state index contributed by atoms with van der Waals surface area (Å²) in [5.41, 5.74) is 9.31. The molecule has 0 saturated carbocycles. The number of aromatic amines is 1. The van der Waals surface area contributed by atoms with Crippen LogP contribution in [-0.2, 0) is 0 Å². The Morgan fingerprint density at radius 2 is 1.93 bits per heavy atom. The molecule has 0 spiro atoms. The standard InChI is InChI=1S/C22H19ClN4O2/c1-12(2)28-17-10-6-4-8-14(17)18-15(11-24)21(25)29-22-19(18)20(26-27-22)13-7-3-5-9-16(13)23/h3-10,12,18H,25H2,1-2H3,(H,26,27)/t18-/m1/s1. The van der Waals surface area contributed by atoms with Crippen molar-refractivity contribution in [3.63, 3.8) is 0 Å². The molecule has 1 atom stereocenters. The summed E-state index contributed by atoms with van der Waals surface area (Å²) in [4.78, 5) is 0. The summed E-state index contributed by atoms with van der Waals surface area (Å²) < 4.78 is 11.7.